The number of halogens is 2. The predicted molar refractivity (Wildman–Crippen MR) is 59.2 cm³/mol. The first-order valence-corrected chi connectivity index (χ1v) is 9.14. The Hall–Kier alpha value is 0.537. The minimum Gasteiger partial charge on any atom is -0.146 e. The molecule has 70 valence electrons. The van der Waals surface area contributed by atoms with Gasteiger partial charge in [0, 0.05) is 0 Å². The second kappa shape index (κ2) is 4.16. The minimum atomic E-state index is -1.94. The van der Waals surface area contributed by atoms with Crippen molar-refractivity contribution in [2.75, 3.05) is 0 Å². The lowest BCUT2D eigenvalue weighted by Gasteiger charge is -2.29. The second-order valence-electron chi connectivity index (χ2n) is 3.79. The molecule has 0 aliphatic heterocycles. The van der Waals surface area contributed by atoms with Crippen molar-refractivity contribution in [1.29, 1.82) is 0 Å². The van der Waals surface area contributed by atoms with Crippen molar-refractivity contribution >= 4 is 28.9 Å². The molecule has 0 N–H and O–H groups in total. The molecule has 12 heavy (non-hydrogen) atoms. The van der Waals surface area contributed by atoms with Gasteiger partial charge < -0.3 is 0 Å². The van der Waals surface area contributed by atoms with Gasteiger partial charge in [-0.25, -0.2) is 0 Å². The van der Waals surface area contributed by atoms with E-state index in [1.165, 1.54) is 19.3 Å². The molecule has 1 aliphatic carbocycles. The minimum absolute atomic E-state index is 0.519. The van der Waals surface area contributed by atoms with Crippen molar-refractivity contribution in [1.82, 2.24) is 0 Å². The third kappa shape index (κ3) is 2.79. The Morgan fingerprint density at radius 2 is 2.08 bits per heavy atom. The summed E-state index contributed by atoms with van der Waals surface area (Å²) in [6.07, 6.45) is 8.15. The van der Waals surface area contributed by atoms with Gasteiger partial charge in [-0.05, 0) is 37.3 Å². The molecule has 0 spiro atoms. The SMILES string of the molecule is CC(C1CC=CCC1)[Si](C)(Cl)Cl. The van der Waals surface area contributed by atoms with E-state index in [0.29, 0.717) is 5.54 Å². The molecular weight excluding hydrogens is 207 g/mol. The zero-order chi connectivity index (χ0) is 9.19. The molecule has 0 aromatic rings. The summed E-state index contributed by atoms with van der Waals surface area (Å²) in [5, 5.41) is 0. The fourth-order valence-corrected chi connectivity index (χ4v) is 3.88. The normalized spacial score (nSPS) is 27.2. The summed E-state index contributed by atoms with van der Waals surface area (Å²) in [7, 11) is 0. The molecule has 3 heteroatoms. The van der Waals surface area contributed by atoms with Crippen LogP contribution in [-0.4, -0.2) is 6.69 Å². The van der Waals surface area contributed by atoms with Gasteiger partial charge in [0.2, 0.25) is 0 Å². The van der Waals surface area contributed by atoms with E-state index in [9.17, 15) is 0 Å². The van der Waals surface area contributed by atoms with Crippen molar-refractivity contribution in [3.05, 3.63) is 12.2 Å². The fraction of sp³-hybridized carbons (Fsp3) is 0.778. The highest BCUT2D eigenvalue weighted by Gasteiger charge is 2.35. The molecule has 1 aliphatic rings. The van der Waals surface area contributed by atoms with Crippen LogP contribution in [0.3, 0.4) is 0 Å². The van der Waals surface area contributed by atoms with Crippen molar-refractivity contribution in [2.45, 2.75) is 38.3 Å². The molecule has 1 rings (SSSR count). The Morgan fingerprint density at radius 1 is 1.42 bits per heavy atom. The zero-order valence-electron chi connectivity index (χ0n) is 7.69. The van der Waals surface area contributed by atoms with E-state index in [4.69, 9.17) is 22.2 Å². The summed E-state index contributed by atoms with van der Waals surface area (Å²) in [5.74, 6) is 0.724. The summed E-state index contributed by atoms with van der Waals surface area (Å²) in [6, 6.07) is 0. The Bertz CT molecular complexity index is 172. The summed E-state index contributed by atoms with van der Waals surface area (Å²) >= 11 is 12.4. The number of rotatable bonds is 2. The average Bonchev–Trinajstić information content (AvgIpc) is 2.03. The molecule has 0 aromatic carbocycles. The van der Waals surface area contributed by atoms with E-state index >= 15 is 0 Å². The van der Waals surface area contributed by atoms with Crippen LogP contribution in [-0.2, 0) is 0 Å². The Balaban J connectivity index is 2.52. The van der Waals surface area contributed by atoms with Crippen LogP contribution in [0.5, 0.6) is 0 Å². The molecule has 0 bridgehead atoms. The standard InChI is InChI=1S/C9H16Cl2Si/c1-8(12(2,10)11)9-6-4-3-5-7-9/h3-4,8-9H,5-7H2,1-2H3. The first kappa shape index (κ1) is 10.6. The Kier molecular flexibility index (Phi) is 3.68. The van der Waals surface area contributed by atoms with E-state index in [0.717, 1.165) is 5.92 Å². The molecule has 0 aromatic heterocycles. The second-order valence-corrected chi connectivity index (χ2v) is 11.9. The van der Waals surface area contributed by atoms with Crippen molar-refractivity contribution in [3.63, 3.8) is 0 Å². The van der Waals surface area contributed by atoms with Crippen LogP contribution in [0.25, 0.3) is 0 Å². The van der Waals surface area contributed by atoms with Crippen LogP contribution in [0.1, 0.15) is 26.2 Å². The van der Waals surface area contributed by atoms with Gasteiger partial charge in [0.1, 0.15) is 0 Å². The molecule has 0 nitrogen and oxygen atoms in total. The van der Waals surface area contributed by atoms with E-state index in [1.54, 1.807) is 0 Å². The summed E-state index contributed by atoms with van der Waals surface area (Å²) in [5.41, 5.74) is 0.519. The van der Waals surface area contributed by atoms with Gasteiger partial charge in [0.25, 0.3) is 6.69 Å². The van der Waals surface area contributed by atoms with Gasteiger partial charge in [0.15, 0.2) is 0 Å². The van der Waals surface area contributed by atoms with E-state index in [1.807, 2.05) is 6.55 Å². The maximum atomic E-state index is 6.20. The number of hydrogen-bond acceptors (Lipinski definition) is 0. The monoisotopic (exact) mass is 222 g/mol. The van der Waals surface area contributed by atoms with Crippen LogP contribution in [0, 0.1) is 5.92 Å². The lowest BCUT2D eigenvalue weighted by atomic mass is 9.92. The van der Waals surface area contributed by atoms with Crippen LogP contribution in [0.4, 0.5) is 0 Å². The molecule has 0 amide bonds. The predicted octanol–water partition coefficient (Wildman–Crippen LogP) is 4.28. The van der Waals surface area contributed by atoms with Gasteiger partial charge in [-0.3, -0.25) is 0 Å². The van der Waals surface area contributed by atoms with Gasteiger partial charge in [0.05, 0.1) is 0 Å². The van der Waals surface area contributed by atoms with Crippen LogP contribution >= 0.6 is 22.2 Å². The van der Waals surface area contributed by atoms with E-state index in [2.05, 4.69) is 19.1 Å². The van der Waals surface area contributed by atoms with Gasteiger partial charge in [-0.1, -0.05) is 19.1 Å². The van der Waals surface area contributed by atoms with E-state index < -0.39 is 6.69 Å². The van der Waals surface area contributed by atoms with Crippen LogP contribution in [0.2, 0.25) is 12.1 Å². The topological polar surface area (TPSA) is 0 Å². The highest BCUT2D eigenvalue weighted by molar-refractivity contribution is 7.45. The smallest absolute Gasteiger partial charge is 0.146 e. The lowest BCUT2D eigenvalue weighted by Crippen LogP contribution is -2.27. The van der Waals surface area contributed by atoms with Crippen LogP contribution in [0.15, 0.2) is 12.2 Å². The third-order valence-corrected chi connectivity index (χ3v) is 6.95. The molecule has 2 atom stereocenters. The molecular formula is C9H16Cl2Si. The van der Waals surface area contributed by atoms with Crippen molar-refractivity contribution in [2.24, 2.45) is 5.92 Å². The third-order valence-electron chi connectivity index (χ3n) is 2.82. The average molecular weight is 223 g/mol. The fourth-order valence-electron chi connectivity index (χ4n) is 1.69. The maximum absolute atomic E-state index is 6.20. The Morgan fingerprint density at radius 3 is 2.50 bits per heavy atom. The largest absolute Gasteiger partial charge is 0.251 e. The zero-order valence-corrected chi connectivity index (χ0v) is 10.2. The lowest BCUT2D eigenvalue weighted by molar-refractivity contribution is 0.460. The highest BCUT2D eigenvalue weighted by Crippen LogP contribution is 2.40. The van der Waals surface area contributed by atoms with E-state index in [-0.39, 0.29) is 0 Å². The summed E-state index contributed by atoms with van der Waals surface area (Å²) < 4.78 is 0. The van der Waals surface area contributed by atoms with Crippen molar-refractivity contribution < 1.29 is 0 Å². The van der Waals surface area contributed by atoms with Gasteiger partial charge in [-0.2, -0.15) is 0 Å². The maximum Gasteiger partial charge on any atom is 0.251 e. The highest BCUT2D eigenvalue weighted by atomic mass is 35.7. The molecule has 0 radical (unpaired) electrons. The Labute approximate surface area is 85.4 Å². The summed E-state index contributed by atoms with van der Waals surface area (Å²) in [6.45, 7) is 2.29. The number of hydrogen-bond donors (Lipinski definition) is 0. The molecule has 0 fully saturated rings. The quantitative estimate of drug-likeness (QED) is 0.372. The van der Waals surface area contributed by atoms with Gasteiger partial charge in [-0.15, -0.1) is 22.2 Å². The first-order valence-electron chi connectivity index (χ1n) is 4.54. The molecule has 0 heterocycles. The van der Waals surface area contributed by atoms with Gasteiger partial charge >= 0.3 is 0 Å². The molecule has 0 saturated carbocycles. The molecule has 0 saturated heterocycles. The van der Waals surface area contributed by atoms with Crippen LogP contribution < -0.4 is 0 Å². The molecule has 2 unspecified atom stereocenters. The number of allylic oxidation sites excluding steroid dienone is 2. The van der Waals surface area contributed by atoms with Crippen molar-refractivity contribution in [3.8, 4) is 0 Å². The summed E-state index contributed by atoms with van der Waals surface area (Å²) in [4.78, 5) is 0. The first-order chi connectivity index (χ1) is 5.52.